The van der Waals surface area contributed by atoms with Crippen molar-refractivity contribution in [1.29, 1.82) is 0 Å². The topological polar surface area (TPSA) is 16.1 Å². The lowest BCUT2D eigenvalue weighted by molar-refractivity contribution is 0.887. The summed E-state index contributed by atoms with van der Waals surface area (Å²) in [6.07, 6.45) is 1.80. The second-order valence-corrected chi connectivity index (χ2v) is 5.80. The number of aryl methyl sites for hydroxylation is 1. The quantitative estimate of drug-likeness (QED) is 0.761. The fourth-order valence-electron chi connectivity index (χ4n) is 2.08. The van der Waals surface area contributed by atoms with Gasteiger partial charge in [-0.05, 0) is 34.5 Å². The molecule has 0 saturated carbocycles. The molecular formula is C15H16BrClN2. The van der Waals surface area contributed by atoms with Crippen LogP contribution >= 0.6 is 27.5 Å². The molecular weight excluding hydrogens is 324 g/mol. The number of rotatable bonds is 4. The van der Waals surface area contributed by atoms with Crippen LogP contribution < -0.4 is 4.90 Å². The van der Waals surface area contributed by atoms with E-state index in [4.69, 9.17) is 11.6 Å². The second-order valence-electron chi connectivity index (χ2n) is 4.62. The van der Waals surface area contributed by atoms with Gasteiger partial charge in [0.05, 0.1) is 5.88 Å². The molecule has 100 valence electrons. The van der Waals surface area contributed by atoms with Crippen LogP contribution in [0.25, 0.3) is 0 Å². The minimum Gasteiger partial charge on any atom is -0.355 e. The molecule has 0 fully saturated rings. The van der Waals surface area contributed by atoms with Crippen molar-refractivity contribution >= 4 is 33.3 Å². The lowest BCUT2D eigenvalue weighted by Gasteiger charge is -2.21. The first-order chi connectivity index (χ1) is 9.10. The number of hydrogen-bond donors (Lipinski definition) is 0. The van der Waals surface area contributed by atoms with Gasteiger partial charge in [0.25, 0.3) is 0 Å². The molecule has 2 aromatic rings. The highest BCUT2D eigenvalue weighted by Gasteiger charge is 2.09. The van der Waals surface area contributed by atoms with Crippen molar-refractivity contribution in [3.63, 3.8) is 0 Å². The van der Waals surface area contributed by atoms with E-state index in [2.05, 4.69) is 57.0 Å². The Hall–Kier alpha value is -1.06. The van der Waals surface area contributed by atoms with Crippen LogP contribution in [0.15, 0.2) is 41.0 Å². The van der Waals surface area contributed by atoms with Gasteiger partial charge in [0.2, 0.25) is 0 Å². The van der Waals surface area contributed by atoms with E-state index < -0.39 is 0 Å². The van der Waals surface area contributed by atoms with Gasteiger partial charge in [0.1, 0.15) is 5.82 Å². The summed E-state index contributed by atoms with van der Waals surface area (Å²) in [6.45, 7) is 2.92. The van der Waals surface area contributed by atoms with Gasteiger partial charge in [-0.1, -0.05) is 29.8 Å². The number of alkyl halides is 1. The van der Waals surface area contributed by atoms with Crippen LogP contribution in [0.3, 0.4) is 0 Å². The number of halogens is 2. The van der Waals surface area contributed by atoms with Crippen LogP contribution in [0.5, 0.6) is 0 Å². The molecule has 0 unspecified atom stereocenters. The summed E-state index contributed by atoms with van der Waals surface area (Å²) >= 11 is 9.41. The zero-order valence-electron chi connectivity index (χ0n) is 11.0. The van der Waals surface area contributed by atoms with Gasteiger partial charge >= 0.3 is 0 Å². The Morgan fingerprint density at radius 3 is 2.79 bits per heavy atom. The van der Waals surface area contributed by atoms with Crippen LogP contribution in [0, 0.1) is 6.92 Å². The maximum atomic E-state index is 5.99. The molecule has 0 spiro atoms. The number of anilines is 1. The smallest absolute Gasteiger partial charge is 0.133 e. The third-order valence-corrected chi connectivity index (χ3v) is 3.64. The molecule has 0 aliphatic rings. The Labute approximate surface area is 127 Å². The highest BCUT2D eigenvalue weighted by Crippen LogP contribution is 2.23. The molecule has 0 amide bonds. The average Bonchev–Trinajstić information content (AvgIpc) is 2.38. The maximum absolute atomic E-state index is 5.99. The van der Waals surface area contributed by atoms with Crippen LogP contribution in [-0.4, -0.2) is 12.0 Å². The molecule has 0 radical (unpaired) electrons. The molecule has 0 aliphatic carbocycles. The highest BCUT2D eigenvalue weighted by atomic mass is 79.9. The Morgan fingerprint density at radius 2 is 2.11 bits per heavy atom. The molecule has 1 aromatic heterocycles. The Balaban J connectivity index is 2.22. The highest BCUT2D eigenvalue weighted by molar-refractivity contribution is 9.10. The van der Waals surface area contributed by atoms with Gasteiger partial charge in [-0.3, -0.25) is 0 Å². The van der Waals surface area contributed by atoms with E-state index in [1.54, 1.807) is 6.20 Å². The van der Waals surface area contributed by atoms with E-state index in [1.165, 1.54) is 11.1 Å². The maximum Gasteiger partial charge on any atom is 0.133 e. The van der Waals surface area contributed by atoms with E-state index in [9.17, 15) is 0 Å². The summed E-state index contributed by atoms with van der Waals surface area (Å²) in [5.41, 5.74) is 3.58. The Bertz CT molecular complexity index is 572. The number of pyridine rings is 1. The molecule has 2 nitrogen and oxygen atoms in total. The summed E-state index contributed by atoms with van der Waals surface area (Å²) < 4.78 is 0.954. The van der Waals surface area contributed by atoms with Gasteiger partial charge in [0.15, 0.2) is 0 Å². The lowest BCUT2D eigenvalue weighted by Crippen LogP contribution is -2.19. The van der Waals surface area contributed by atoms with E-state index in [0.29, 0.717) is 5.88 Å². The number of hydrogen-bond acceptors (Lipinski definition) is 2. The van der Waals surface area contributed by atoms with E-state index in [1.807, 2.05) is 13.1 Å². The average molecular weight is 340 g/mol. The first-order valence-electron chi connectivity index (χ1n) is 6.07. The molecule has 4 heteroatoms. The first kappa shape index (κ1) is 14.4. The summed E-state index contributed by atoms with van der Waals surface area (Å²) in [7, 11) is 2.04. The van der Waals surface area contributed by atoms with Crippen molar-refractivity contribution in [2.75, 3.05) is 11.9 Å². The van der Waals surface area contributed by atoms with Crippen molar-refractivity contribution in [2.45, 2.75) is 19.3 Å². The summed E-state index contributed by atoms with van der Waals surface area (Å²) in [5.74, 6) is 1.39. The molecule has 1 aromatic carbocycles. The Kier molecular flexibility index (Phi) is 4.83. The van der Waals surface area contributed by atoms with Crippen LogP contribution in [0.1, 0.15) is 16.7 Å². The molecule has 2 rings (SSSR count). The Morgan fingerprint density at radius 1 is 1.32 bits per heavy atom. The standard InChI is InChI=1S/C15H16BrClN2/c1-11-4-3-5-12(6-11)10-19(2)15-13(8-17)7-14(16)9-18-15/h3-7,9H,8,10H2,1-2H3. The van der Waals surface area contributed by atoms with Crippen LogP contribution in [0.4, 0.5) is 5.82 Å². The summed E-state index contributed by atoms with van der Waals surface area (Å²) in [6, 6.07) is 10.5. The fourth-order valence-corrected chi connectivity index (χ4v) is 2.65. The number of benzene rings is 1. The molecule has 0 aliphatic heterocycles. The minimum atomic E-state index is 0.458. The summed E-state index contributed by atoms with van der Waals surface area (Å²) in [4.78, 5) is 6.59. The monoisotopic (exact) mass is 338 g/mol. The van der Waals surface area contributed by atoms with Gasteiger partial charge in [-0.2, -0.15) is 0 Å². The molecule has 0 bridgehead atoms. The van der Waals surface area contributed by atoms with Crippen LogP contribution in [0.2, 0.25) is 0 Å². The molecule has 19 heavy (non-hydrogen) atoms. The molecule has 0 saturated heterocycles. The minimum absolute atomic E-state index is 0.458. The van der Waals surface area contributed by atoms with E-state index in [-0.39, 0.29) is 0 Å². The van der Waals surface area contributed by atoms with Gasteiger partial charge in [-0.25, -0.2) is 4.98 Å². The summed E-state index contributed by atoms with van der Waals surface area (Å²) in [5, 5.41) is 0. The van der Waals surface area contributed by atoms with Crippen molar-refractivity contribution in [2.24, 2.45) is 0 Å². The number of nitrogens with zero attached hydrogens (tertiary/aromatic N) is 2. The van der Waals surface area contributed by atoms with Gasteiger partial charge in [-0.15, -0.1) is 11.6 Å². The fraction of sp³-hybridized carbons (Fsp3) is 0.267. The van der Waals surface area contributed by atoms with E-state index in [0.717, 1.165) is 22.4 Å². The zero-order chi connectivity index (χ0) is 13.8. The van der Waals surface area contributed by atoms with Gasteiger partial charge < -0.3 is 4.90 Å². The van der Waals surface area contributed by atoms with Crippen molar-refractivity contribution in [3.8, 4) is 0 Å². The molecule has 0 atom stereocenters. The largest absolute Gasteiger partial charge is 0.355 e. The van der Waals surface area contributed by atoms with Gasteiger partial charge in [0, 0.05) is 29.8 Å². The molecule has 0 N–H and O–H groups in total. The second kappa shape index (κ2) is 6.40. The van der Waals surface area contributed by atoms with E-state index >= 15 is 0 Å². The SMILES string of the molecule is Cc1cccc(CN(C)c2ncc(Br)cc2CCl)c1. The molecule has 1 heterocycles. The zero-order valence-corrected chi connectivity index (χ0v) is 13.4. The van der Waals surface area contributed by atoms with Crippen molar-refractivity contribution in [3.05, 3.63) is 57.7 Å². The third-order valence-electron chi connectivity index (χ3n) is 2.92. The number of aromatic nitrogens is 1. The van der Waals surface area contributed by atoms with Crippen molar-refractivity contribution in [1.82, 2.24) is 4.98 Å². The van der Waals surface area contributed by atoms with Crippen LogP contribution in [-0.2, 0) is 12.4 Å². The predicted octanol–water partition coefficient (Wildman–Crippen LogP) is 4.53. The lowest BCUT2D eigenvalue weighted by atomic mass is 10.1. The first-order valence-corrected chi connectivity index (χ1v) is 7.40. The third kappa shape index (κ3) is 3.71. The predicted molar refractivity (Wildman–Crippen MR) is 84.8 cm³/mol. The van der Waals surface area contributed by atoms with Crippen molar-refractivity contribution < 1.29 is 0 Å². The normalized spacial score (nSPS) is 10.5.